The van der Waals surface area contributed by atoms with Gasteiger partial charge in [-0.1, -0.05) is 11.6 Å². The number of anilines is 5. The third-order valence-electron chi connectivity index (χ3n) is 8.11. The number of rotatable bonds is 9. The van der Waals surface area contributed by atoms with Gasteiger partial charge in [0.25, 0.3) is 5.91 Å². The zero-order valence-corrected chi connectivity index (χ0v) is 27.3. The second-order valence-corrected chi connectivity index (χ2v) is 13.6. The average molecular weight is 661 g/mol. The summed E-state index contributed by atoms with van der Waals surface area (Å²) in [7, 11) is 0.0234. The van der Waals surface area contributed by atoms with Crippen LogP contribution in [0.3, 0.4) is 0 Å². The first-order chi connectivity index (χ1) is 21.4. The fourth-order valence-electron chi connectivity index (χ4n) is 5.74. The van der Waals surface area contributed by atoms with E-state index in [0.29, 0.717) is 17.5 Å². The van der Waals surface area contributed by atoms with Crippen LogP contribution in [0.2, 0.25) is 5.02 Å². The molecule has 5 rings (SSSR count). The first-order valence-electron chi connectivity index (χ1n) is 14.6. The van der Waals surface area contributed by atoms with E-state index in [4.69, 9.17) is 16.3 Å². The number of benzene rings is 2. The number of aromatic nitrogens is 2. The maximum atomic E-state index is 13.8. The molecule has 0 radical (unpaired) electrons. The van der Waals surface area contributed by atoms with Crippen molar-refractivity contribution in [1.82, 2.24) is 19.8 Å². The van der Waals surface area contributed by atoms with Gasteiger partial charge in [0.1, 0.15) is 11.6 Å². The van der Waals surface area contributed by atoms with Gasteiger partial charge in [-0.15, -0.1) is 0 Å². The van der Waals surface area contributed by atoms with Crippen LogP contribution in [0.25, 0.3) is 0 Å². The Hall–Kier alpha value is -3.72. The first-order valence-corrected chi connectivity index (χ1v) is 16.9. The van der Waals surface area contributed by atoms with Gasteiger partial charge in [0.05, 0.1) is 41.6 Å². The van der Waals surface area contributed by atoms with Crippen LogP contribution in [0, 0.1) is 12.7 Å². The Balaban J connectivity index is 1.30. The van der Waals surface area contributed by atoms with E-state index in [1.54, 1.807) is 7.11 Å². The number of sulfonamides is 1. The monoisotopic (exact) mass is 660 g/mol. The molecule has 45 heavy (non-hydrogen) atoms. The van der Waals surface area contributed by atoms with Crippen molar-refractivity contribution < 1.29 is 22.3 Å². The highest BCUT2D eigenvalue weighted by molar-refractivity contribution is 7.92. The highest BCUT2D eigenvalue weighted by Gasteiger charge is 2.28. The lowest BCUT2D eigenvalue weighted by atomic mass is 10.0. The number of carbonyl (C=O) groups is 1. The zero-order valence-electron chi connectivity index (χ0n) is 25.7. The van der Waals surface area contributed by atoms with Gasteiger partial charge < -0.3 is 25.2 Å². The molecule has 12 nitrogen and oxygen atoms in total. The number of nitrogens with one attached hydrogen (secondary N) is 3. The van der Waals surface area contributed by atoms with Crippen molar-refractivity contribution in [2.75, 3.05) is 79.9 Å². The maximum Gasteiger partial charge on any atom is 0.276 e. The molecule has 0 aliphatic carbocycles. The molecule has 1 aromatic heterocycles. The number of aryl methyl sites for hydroxylation is 1. The second kappa shape index (κ2) is 13.7. The van der Waals surface area contributed by atoms with Gasteiger partial charge in [-0.25, -0.2) is 22.8 Å². The summed E-state index contributed by atoms with van der Waals surface area (Å²) in [5.74, 6) is -0.746. The molecular formula is C30H38ClFN8O4S. The van der Waals surface area contributed by atoms with Crippen LogP contribution in [0.4, 0.5) is 33.1 Å². The average Bonchev–Trinajstić information content (AvgIpc) is 2.99. The summed E-state index contributed by atoms with van der Waals surface area (Å²) in [6, 6.07) is 7.85. The minimum Gasteiger partial charge on any atom is -0.494 e. The van der Waals surface area contributed by atoms with E-state index in [2.05, 4.69) is 47.1 Å². The number of methoxy groups -OCH3 is 1. The molecule has 0 saturated carbocycles. The van der Waals surface area contributed by atoms with Crippen molar-refractivity contribution in [3.05, 3.63) is 58.6 Å². The molecule has 2 fully saturated rings. The number of ether oxygens (including phenoxy) is 1. The lowest BCUT2D eigenvalue weighted by molar-refractivity contribution is 0.0982. The molecule has 2 aliphatic rings. The Morgan fingerprint density at radius 2 is 1.76 bits per heavy atom. The molecule has 3 aromatic rings. The van der Waals surface area contributed by atoms with Crippen molar-refractivity contribution >= 4 is 56.2 Å². The lowest BCUT2D eigenvalue weighted by Crippen LogP contribution is -2.52. The van der Waals surface area contributed by atoms with Gasteiger partial charge in [0.15, 0.2) is 5.69 Å². The largest absolute Gasteiger partial charge is 0.494 e. The standard InChI is InChI=1S/C30H38ClFN8O4S/c1-19-15-25(27(44-3)17-26(19)40-9-7-21(8-10-40)39-13-11-38(2)12-14-39)35-30-33-18-22(31)28(36-30)29(41)34-23-6-5-20(32)16-24(23)37-45(4,42)43/h5-6,15-18,21,37H,7-14H2,1-4H3,(H,34,41)(H,33,35,36). The van der Waals surface area contributed by atoms with Crippen LogP contribution in [-0.4, -0.2) is 99.8 Å². The lowest BCUT2D eigenvalue weighted by Gasteiger charge is -2.43. The predicted octanol–water partition coefficient (Wildman–Crippen LogP) is 4.17. The van der Waals surface area contributed by atoms with Gasteiger partial charge in [-0.3, -0.25) is 14.4 Å². The van der Waals surface area contributed by atoms with Gasteiger partial charge in [0, 0.05) is 63.1 Å². The molecule has 3 N–H and O–H groups in total. The summed E-state index contributed by atoms with van der Waals surface area (Å²) >= 11 is 6.27. The molecule has 0 spiro atoms. The van der Waals surface area contributed by atoms with E-state index < -0.39 is 21.7 Å². The number of piperazine rings is 1. The van der Waals surface area contributed by atoms with Crippen LogP contribution in [-0.2, 0) is 10.0 Å². The Bertz CT molecular complexity index is 1660. The Morgan fingerprint density at radius 1 is 1.04 bits per heavy atom. The fraction of sp³-hybridized carbons (Fsp3) is 0.433. The second-order valence-electron chi connectivity index (χ2n) is 11.4. The molecular weight excluding hydrogens is 623 g/mol. The molecule has 1 amide bonds. The fourth-order valence-corrected chi connectivity index (χ4v) is 6.49. The maximum absolute atomic E-state index is 13.8. The number of nitrogens with zero attached hydrogens (tertiary/aromatic N) is 5. The Labute approximate surface area is 268 Å². The molecule has 0 atom stereocenters. The summed E-state index contributed by atoms with van der Waals surface area (Å²) < 4.78 is 45.2. The van der Waals surface area contributed by atoms with E-state index in [-0.39, 0.29) is 28.0 Å². The van der Waals surface area contributed by atoms with Gasteiger partial charge >= 0.3 is 0 Å². The van der Waals surface area contributed by atoms with Crippen LogP contribution >= 0.6 is 11.6 Å². The minimum atomic E-state index is -3.74. The third kappa shape index (κ3) is 8.12. The first kappa shape index (κ1) is 32.7. The number of hydrogen-bond donors (Lipinski definition) is 3. The number of halogens is 2. The summed E-state index contributed by atoms with van der Waals surface area (Å²) in [6.07, 6.45) is 4.42. The smallest absolute Gasteiger partial charge is 0.276 e. The highest BCUT2D eigenvalue weighted by atomic mass is 35.5. The van der Waals surface area contributed by atoms with Crippen LogP contribution < -0.4 is 25.0 Å². The quantitative estimate of drug-likeness (QED) is 0.307. The summed E-state index contributed by atoms with van der Waals surface area (Å²) in [6.45, 7) is 8.44. The van der Waals surface area contributed by atoms with Gasteiger partial charge in [0.2, 0.25) is 16.0 Å². The number of likely N-dealkylation sites (N-methyl/N-ethyl adjacent to an activating group) is 1. The van der Waals surface area contributed by atoms with E-state index in [1.807, 2.05) is 19.1 Å². The molecule has 242 valence electrons. The molecule has 15 heteroatoms. The minimum absolute atomic E-state index is 0.0245. The molecule has 3 heterocycles. The SMILES string of the molecule is COc1cc(N2CCC(N3CCN(C)CC3)CC2)c(C)cc1Nc1ncc(Cl)c(C(=O)Nc2ccc(F)cc2NS(C)(=O)=O)n1. The number of amides is 1. The van der Waals surface area contributed by atoms with E-state index in [1.165, 1.54) is 12.3 Å². The van der Waals surface area contributed by atoms with Crippen molar-refractivity contribution in [1.29, 1.82) is 0 Å². The van der Waals surface area contributed by atoms with Crippen molar-refractivity contribution in [3.8, 4) is 5.75 Å². The van der Waals surface area contributed by atoms with E-state index in [9.17, 15) is 17.6 Å². The van der Waals surface area contributed by atoms with Crippen molar-refractivity contribution in [2.45, 2.75) is 25.8 Å². The van der Waals surface area contributed by atoms with Crippen LogP contribution in [0.15, 0.2) is 36.5 Å². The number of carbonyl (C=O) groups excluding carboxylic acids is 1. The normalized spacial score (nSPS) is 16.8. The molecule has 2 aliphatic heterocycles. The van der Waals surface area contributed by atoms with E-state index in [0.717, 1.165) is 81.7 Å². The van der Waals surface area contributed by atoms with Crippen molar-refractivity contribution in [2.24, 2.45) is 0 Å². The molecule has 0 bridgehead atoms. The van der Waals surface area contributed by atoms with Crippen LogP contribution in [0.1, 0.15) is 28.9 Å². The van der Waals surface area contributed by atoms with Gasteiger partial charge in [-0.2, -0.15) is 0 Å². The summed E-state index contributed by atoms with van der Waals surface area (Å²) in [5.41, 5.74) is 2.47. The summed E-state index contributed by atoms with van der Waals surface area (Å²) in [5, 5.41) is 5.64. The molecule has 0 unspecified atom stereocenters. The third-order valence-corrected chi connectivity index (χ3v) is 8.98. The van der Waals surface area contributed by atoms with Crippen LogP contribution in [0.5, 0.6) is 5.75 Å². The molecule has 2 saturated heterocycles. The number of hydrogen-bond acceptors (Lipinski definition) is 10. The van der Waals surface area contributed by atoms with E-state index >= 15 is 0 Å². The Morgan fingerprint density at radius 3 is 2.42 bits per heavy atom. The van der Waals surface area contributed by atoms with Crippen molar-refractivity contribution in [3.63, 3.8) is 0 Å². The number of piperidine rings is 1. The summed E-state index contributed by atoms with van der Waals surface area (Å²) in [4.78, 5) is 29.1. The molecule has 2 aromatic carbocycles. The predicted molar refractivity (Wildman–Crippen MR) is 175 cm³/mol. The zero-order chi connectivity index (χ0) is 32.3. The Kier molecular flexibility index (Phi) is 9.97. The van der Waals surface area contributed by atoms with Gasteiger partial charge in [-0.05, 0) is 50.6 Å². The highest BCUT2D eigenvalue weighted by Crippen LogP contribution is 2.36. The topological polar surface area (TPSA) is 132 Å².